The van der Waals surface area contributed by atoms with E-state index in [0.717, 1.165) is 36.3 Å². The van der Waals surface area contributed by atoms with Crippen molar-refractivity contribution < 1.29 is 8.78 Å². The summed E-state index contributed by atoms with van der Waals surface area (Å²) in [5, 5.41) is 17.2. The van der Waals surface area contributed by atoms with Crippen LogP contribution in [0.2, 0.25) is 0 Å². The normalized spacial score (nSPS) is 16.9. The summed E-state index contributed by atoms with van der Waals surface area (Å²) in [4.78, 5) is 11.0. The second-order valence-electron chi connectivity index (χ2n) is 7.18. The molecule has 0 radical (unpaired) electrons. The van der Waals surface area contributed by atoms with E-state index in [1.54, 1.807) is 11.2 Å². The van der Waals surface area contributed by atoms with Crippen LogP contribution in [0, 0.1) is 24.2 Å². The van der Waals surface area contributed by atoms with Gasteiger partial charge in [-0.2, -0.15) is 15.3 Å². The minimum atomic E-state index is -2.47. The van der Waals surface area contributed by atoms with Gasteiger partial charge in [0, 0.05) is 44.0 Å². The van der Waals surface area contributed by atoms with E-state index < -0.39 is 13.0 Å². The van der Waals surface area contributed by atoms with Crippen LogP contribution < -0.4 is 16.2 Å². The van der Waals surface area contributed by atoms with Gasteiger partial charge in [-0.1, -0.05) is 0 Å². The number of halogens is 2. The van der Waals surface area contributed by atoms with Crippen LogP contribution in [0.25, 0.3) is 0 Å². The molecule has 3 rings (SSSR count). The van der Waals surface area contributed by atoms with Gasteiger partial charge in [0.2, 0.25) is 5.95 Å². The molecule has 2 aromatic rings. The molecule has 9 nitrogen and oxygen atoms in total. The maximum Gasteiger partial charge on any atom is 0.257 e. The fraction of sp³-hybridized carbons (Fsp3) is 0.556. The molecule has 11 heteroatoms. The first-order valence-electron chi connectivity index (χ1n) is 9.47. The maximum absolute atomic E-state index is 12.5. The van der Waals surface area contributed by atoms with Gasteiger partial charge in [-0.3, -0.25) is 9.69 Å². The Morgan fingerprint density at radius 2 is 2.28 bits per heavy atom. The predicted octanol–water partition coefficient (Wildman–Crippen LogP) is 1.91. The highest BCUT2D eigenvalue weighted by Gasteiger charge is 2.24. The third-order valence-corrected chi connectivity index (χ3v) is 4.80. The molecule has 1 saturated heterocycles. The van der Waals surface area contributed by atoms with E-state index in [2.05, 4.69) is 31.4 Å². The molecule has 1 aliphatic heterocycles. The molecule has 0 aliphatic carbocycles. The number of hydrogen-bond acceptors (Lipinski definition) is 8. The highest BCUT2D eigenvalue weighted by atomic mass is 19.3. The highest BCUT2D eigenvalue weighted by molar-refractivity contribution is 5.54. The first-order valence-corrected chi connectivity index (χ1v) is 9.47. The fourth-order valence-corrected chi connectivity index (χ4v) is 3.42. The quantitative estimate of drug-likeness (QED) is 0.481. The standard InChI is InChI=1S/C18H25F2N9/c1-13-7-23-18(25-15-8-24-28(11-15)12-16(19)20)26-17(13)29(22)10-14-3-6-27(9-14)5-2-4-21/h7-8,11,14,16H,2-3,5-6,9-10,12,22H2,1H3,(H,23,25,26)/t14-/m0/s1. The largest absolute Gasteiger partial charge is 0.321 e. The van der Waals surface area contributed by atoms with Gasteiger partial charge < -0.3 is 10.2 Å². The predicted molar refractivity (Wildman–Crippen MR) is 105 cm³/mol. The van der Waals surface area contributed by atoms with Crippen molar-refractivity contribution in [2.75, 3.05) is 36.5 Å². The van der Waals surface area contributed by atoms with E-state index in [4.69, 9.17) is 11.1 Å². The molecule has 2 aromatic heterocycles. The summed E-state index contributed by atoms with van der Waals surface area (Å²) in [5.41, 5.74) is 1.36. The van der Waals surface area contributed by atoms with Crippen LogP contribution in [0.3, 0.4) is 0 Å². The molecule has 1 aliphatic rings. The van der Waals surface area contributed by atoms with E-state index in [-0.39, 0.29) is 0 Å². The van der Waals surface area contributed by atoms with Crippen molar-refractivity contribution >= 4 is 17.5 Å². The summed E-state index contributed by atoms with van der Waals surface area (Å²) in [5.74, 6) is 7.62. The number of nitrogens with two attached hydrogens (primary N) is 1. The minimum absolute atomic E-state index is 0.319. The van der Waals surface area contributed by atoms with Crippen molar-refractivity contribution in [3.8, 4) is 6.07 Å². The molecule has 1 atom stereocenters. The Kier molecular flexibility index (Phi) is 6.90. The molecule has 29 heavy (non-hydrogen) atoms. The van der Waals surface area contributed by atoms with Gasteiger partial charge in [-0.15, -0.1) is 0 Å². The van der Waals surface area contributed by atoms with Gasteiger partial charge in [0.1, 0.15) is 6.54 Å². The minimum Gasteiger partial charge on any atom is -0.321 e. The van der Waals surface area contributed by atoms with Crippen LogP contribution in [0.4, 0.5) is 26.2 Å². The van der Waals surface area contributed by atoms with Crippen LogP contribution in [0.5, 0.6) is 0 Å². The Bertz CT molecular complexity index is 848. The van der Waals surface area contributed by atoms with Crippen molar-refractivity contribution in [1.29, 1.82) is 5.26 Å². The fourth-order valence-electron chi connectivity index (χ4n) is 3.42. The van der Waals surface area contributed by atoms with Gasteiger partial charge in [0.25, 0.3) is 6.43 Å². The number of rotatable bonds is 9. The SMILES string of the molecule is Cc1cnc(Nc2cnn(CC(F)F)c2)nc1N(N)C[C@H]1CCN(CCC#N)C1. The summed E-state index contributed by atoms with van der Waals surface area (Å²) in [6, 6.07) is 2.18. The van der Waals surface area contributed by atoms with E-state index in [0.29, 0.717) is 36.3 Å². The Labute approximate surface area is 168 Å². The second kappa shape index (κ2) is 9.58. The average molecular weight is 405 g/mol. The molecule has 0 unspecified atom stereocenters. The summed E-state index contributed by atoms with van der Waals surface area (Å²) in [6.07, 6.45) is 3.68. The monoisotopic (exact) mass is 405 g/mol. The third kappa shape index (κ3) is 5.82. The van der Waals surface area contributed by atoms with Crippen molar-refractivity contribution in [3.63, 3.8) is 0 Å². The number of nitrogens with one attached hydrogen (secondary N) is 1. The molecular weight excluding hydrogens is 380 g/mol. The van der Waals surface area contributed by atoms with E-state index >= 15 is 0 Å². The lowest BCUT2D eigenvalue weighted by Gasteiger charge is -2.23. The Balaban J connectivity index is 1.61. The zero-order valence-corrected chi connectivity index (χ0v) is 16.3. The molecule has 3 heterocycles. The van der Waals surface area contributed by atoms with Crippen molar-refractivity contribution in [2.24, 2.45) is 11.8 Å². The first kappa shape index (κ1) is 20.9. The number of aromatic nitrogens is 4. The Morgan fingerprint density at radius 3 is 3.03 bits per heavy atom. The summed E-state index contributed by atoms with van der Waals surface area (Å²) >= 11 is 0. The van der Waals surface area contributed by atoms with Gasteiger partial charge >= 0.3 is 0 Å². The molecule has 0 bridgehead atoms. The lowest BCUT2D eigenvalue weighted by molar-refractivity contribution is 0.122. The van der Waals surface area contributed by atoms with Crippen molar-refractivity contribution in [3.05, 3.63) is 24.2 Å². The summed E-state index contributed by atoms with van der Waals surface area (Å²) in [7, 11) is 0. The molecule has 156 valence electrons. The number of likely N-dealkylation sites (tertiary alicyclic amines) is 1. The van der Waals surface area contributed by atoms with Crippen LogP contribution >= 0.6 is 0 Å². The molecule has 0 aromatic carbocycles. The lowest BCUT2D eigenvalue weighted by atomic mass is 10.1. The molecule has 0 amide bonds. The smallest absolute Gasteiger partial charge is 0.257 e. The number of nitriles is 1. The summed E-state index contributed by atoms with van der Waals surface area (Å²) in [6.45, 7) is 4.73. The van der Waals surface area contributed by atoms with Crippen LogP contribution in [0.15, 0.2) is 18.6 Å². The van der Waals surface area contributed by atoms with E-state index in [9.17, 15) is 8.78 Å². The number of nitrogens with zero attached hydrogens (tertiary/aromatic N) is 7. The first-order chi connectivity index (χ1) is 13.9. The van der Waals surface area contributed by atoms with Gasteiger partial charge in [0.05, 0.1) is 18.0 Å². The zero-order chi connectivity index (χ0) is 20.8. The maximum atomic E-state index is 12.5. The van der Waals surface area contributed by atoms with Gasteiger partial charge in [-0.25, -0.2) is 19.6 Å². The molecule has 1 fully saturated rings. The zero-order valence-electron chi connectivity index (χ0n) is 16.3. The Morgan fingerprint density at radius 1 is 1.45 bits per heavy atom. The number of alkyl halides is 2. The molecule has 0 spiro atoms. The second-order valence-corrected chi connectivity index (χ2v) is 7.18. The molecule has 0 saturated carbocycles. The van der Waals surface area contributed by atoms with Crippen LogP contribution in [-0.4, -0.2) is 57.3 Å². The third-order valence-electron chi connectivity index (χ3n) is 4.80. The molecular formula is C18H25F2N9. The number of aryl methyl sites for hydroxylation is 1. The lowest BCUT2D eigenvalue weighted by Crippen LogP contribution is -2.38. The van der Waals surface area contributed by atoms with Crippen molar-refractivity contribution in [2.45, 2.75) is 32.7 Å². The highest BCUT2D eigenvalue weighted by Crippen LogP contribution is 2.22. The average Bonchev–Trinajstić information content (AvgIpc) is 3.30. The van der Waals surface area contributed by atoms with Crippen LogP contribution in [-0.2, 0) is 6.54 Å². The molecule has 3 N–H and O–H groups in total. The van der Waals surface area contributed by atoms with Gasteiger partial charge in [0.15, 0.2) is 5.82 Å². The number of hydrogen-bond donors (Lipinski definition) is 2. The van der Waals surface area contributed by atoms with E-state index in [1.807, 2.05) is 6.92 Å². The Hall–Kier alpha value is -2.84. The topological polar surface area (TPSA) is 112 Å². The number of anilines is 3. The summed E-state index contributed by atoms with van der Waals surface area (Å²) < 4.78 is 26.1. The van der Waals surface area contributed by atoms with Crippen LogP contribution in [0.1, 0.15) is 18.4 Å². The van der Waals surface area contributed by atoms with Crippen molar-refractivity contribution in [1.82, 2.24) is 24.6 Å². The number of hydrazine groups is 1. The van der Waals surface area contributed by atoms with Gasteiger partial charge in [-0.05, 0) is 25.8 Å². The van der Waals surface area contributed by atoms with E-state index in [1.165, 1.54) is 12.4 Å².